The molecule has 0 aromatic heterocycles. The van der Waals surface area contributed by atoms with E-state index in [0.29, 0.717) is 17.5 Å². The molecule has 2 aliphatic rings. The average molecular weight is 463 g/mol. The van der Waals surface area contributed by atoms with Gasteiger partial charge in [0, 0.05) is 10.5 Å². The molecule has 5 nitrogen and oxygen atoms in total. The van der Waals surface area contributed by atoms with Gasteiger partial charge in [-0.3, -0.25) is 9.10 Å². The Balaban J connectivity index is 1.58. The van der Waals surface area contributed by atoms with E-state index in [1.54, 1.807) is 54.6 Å². The highest BCUT2D eigenvalue weighted by atomic mass is 79.9. The van der Waals surface area contributed by atoms with Crippen LogP contribution in [0.5, 0.6) is 0 Å². The second-order valence-electron chi connectivity index (χ2n) is 7.65. The summed E-state index contributed by atoms with van der Waals surface area (Å²) in [5.74, 6) is 1.01. The molecule has 0 saturated heterocycles. The molecule has 28 heavy (non-hydrogen) atoms. The number of amides is 1. The monoisotopic (exact) mass is 462 g/mol. The van der Waals surface area contributed by atoms with Gasteiger partial charge in [-0.25, -0.2) is 8.42 Å². The van der Waals surface area contributed by atoms with Crippen molar-refractivity contribution in [2.24, 2.45) is 11.8 Å². The molecule has 2 aromatic rings. The number of nitrogens with one attached hydrogen (secondary N) is 1. The van der Waals surface area contributed by atoms with Crippen LogP contribution >= 0.6 is 15.9 Å². The first kappa shape index (κ1) is 19.5. The lowest BCUT2D eigenvalue weighted by atomic mass is 9.95. The van der Waals surface area contributed by atoms with Crippen molar-refractivity contribution in [1.82, 2.24) is 5.32 Å². The summed E-state index contributed by atoms with van der Waals surface area (Å²) in [5.41, 5.74) is 0.468. The Kier molecular flexibility index (Phi) is 5.47. The van der Waals surface area contributed by atoms with Crippen molar-refractivity contribution >= 4 is 37.5 Å². The van der Waals surface area contributed by atoms with Crippen molar-refractivity contribution in [3.63, 3.8) is 0 Å². The van der Waals surface area contributed by atoms with Crippen LogP contribution in [0.25, 0.3) is 0 Å². The smallest absolute Gasteiger partial charge is 0.264 e. The number of carbonyl (C=O) groups excluding carboxylic acids is 1. The Bertz CT molecular complexity index is 947. The molecular formula is C21H23BrN2O3S. The van der Waals surface area contributed by atoms with Gasteiger partial charge in [-0.1, -0.05) is 40.5 Å². The molecule has 7 heteroatoms. The molecule has 2 aliphatic carbocycles. The summed E-state index contributed by atoms with van der Waals surface area (Å²) in [7, 11) is -3.85. The zero-order valence-corrected chi connectivity index (χ0v) is 17.8. The Hall–Kier alpha value is -1.86. The van der Waals surface area contributed by atoms with Gasteiger partial charge in [0.1, 0.15) is 6.54 Å². The number of sulfonamides is 1. The third-order valence-electron chi connectivity index (χ3n) is 5.82. The second kappa shape index (κ2) is 7.87. The summed E-state index contributed by atoms with van der Waals surface area (Å²) in [6.45, 7) is -0.229. The molecule has 0 aliphatic heterocycles. The van der Waals surface area contributed by atoms with E-state index < -0.39 is 10.0 Å². The Morgan fingerprint density at radius 2 is 1.75 bits per heavy atom. The second-order valence-corrected chi connectivity index (χ2v) is 10.4. The quantitative estimate of drug-likeness (QED) is 0.706. The van der Waals surface area contributed by atoms with E-state index in [0.717, 1.165) is 17.3 Å². The van der Waals surface area contributed by atoms with Crippen molar-refractivity contribution in [3.05, 3.63) is 59.1 Å². The summed E-state index contributed by atoms with van der Waals surface area (Å²) in [4.78, 5) is 12.9. The first-order valence-corrected chi connectivity index (χ1v) is 11.8. The molecule has 0 heterocycles. The van der Waals surface area contributed by atoms with E-state index in [1.807, 2.05) is 0 Å². The lowest BCUT2D eigenvalue weighted by Crippen LogP contribution is -2.45. The summed E-state index contributed by atoms with van der Waals surface area (Å²) < 4.78 is 28.5. The van der Waals surface area contributed by atoms with E-state index in [9.17, 15) is 13.2 Å². The molecule has 1 N–H and O–H groups in total. The lowest BCUT2D eigenvalue weighted by Gasteiger charge is -2.27. The summed E-state index contributed by atoms with van der Waals surface area (Å²) in [6.07, 6.45) is 4.61. The summed E-state index contributed by atoms with van der Waals surface area (Å²) in [6, 6.07) is 15.4. The molecule has 0 spiro atoms. The van der Waals surface area contributed by atoms with Crippen LogP contribution in [0.1, 0.15) is 25.7 Å². The van der Waals surface area contributed by atoms with Crippen LogP contribution in [0.3, 0.4) is 0 Å². The van der Waals surface area contributed by atoms with Crippen LogP contribution in [0, 0.1) is 11.8 Å². The normalized spacial score (nSPS) is 23.5. The summed E-state index contributed by atoms with van der Waals surface area (Å²) >= 11 is 3.37. The van der Waals surface area contributed by atoms with Crippen molar-refractivity contribution < 1.29 is 13.2 Å². The highest BCUT2D eigenvalue weighted by Gasteiger charge is 2.40. The number of hydrogen-bond donors (Lipinski definition) is 1. The molecule has 148 valence electrons. The number of anilines is 1. The molecule has 2 saturated carbocycles. The molecule has 2 fully saturated rings. The highest BCUT2D eigenvalue weighted by molar-refractivity contribution is 9.10. The maximum atomic E-state index is 13.3. The third-order valence-corrected chi connectivity index (χ3v) is 8.13. The van der Waals surface area contributed by atoms with E-state index in [4.69, 9.17) is 0 Å². The molecule has 3 atom stereocenters. The van der Waals surface area contributed by atoms with Crippen LogP contribution in [-0.2, 0) is 14.8 Å². The van der Waals surface area contributed by atoms with Gasteiger partial charge >= 0.3 is 0 Å². The zero-order valence-electron chi connectivity index (χ0n) is 15.4. The largest absolute Gasteiger partial charge is 0.352 e. The molecule has 2 bridgehead atoms. The third kappa shape index (κ3) is 3.96. The number of nitrogens with zero attached hydrogens (tertiary/aromatic N) is 1. The van der Waals surface area contributed by atoms with Crippen LogP contribution in [0.4, 0.5) is 5.69 Å². The van der Waals surface area contributed by atoms with Gasteiger partial charge < -0.3 is 5.32 Å². The first-order valence-electron chi connectivity index (χ1n) is 9.56. The van der Waals surface area contributed by atoms with E-state index in [2.05, 4.69) is 21.2 Å². The standard InChI is InChI=1S/C21H23BrN2O3S/c22-17-8-10-18(11-9-17)24(28(26,27)19-4-2-1-3-5-19)14-21(25)23-20-13-15-6-7-16(20)12-15/h1-5,8-11,15-16,20H,6-7,12-14H2,(H,23,25)/t15-,16-,20-/m1/s1. The average Bonchev–Trinajstić information content (AvgIpc) is 3.31. The minimum Gasteiger partial charge on any atom is -0.352 e. The molecule has 4 rings (SSSR count). The maximum absolute atomic E-state index is 13.3. The number of fused-ring (bicyclic) bond motifs is 2. The van der Waals surface area contributed by atoms with E-state index in [-0.39, 0.29) is 23.4 Å². The number of halogens is 1. The Morgan fingerprint density at radius 3 is 2.36 bits per heavy atom. The van der Waals surface area contributed by atoms with Gasteiger partial charge in [-0.15, -0.1) is 0 Å². The number of hydrogen-bond acceptors (Lipinski definition) is 3. The topological polar surface area (TPSA) is 66.5 Å². The molecule has 1 amide bonds. The minimum absolute atomic E-state index is 0.172. The molecule has 0 unspecified atom stereocenters. The highest BCUT2D eigenvalue weighted by Crippen LogP contribution is 2.44. The van der Waals surface area contributed by atoms with E-state index in [1.165, 1.54) is 17.1 Å². The van der Waals surface area contributed by atoms with Crippen molar-refractivity contribution in [2.45, 2.75) is 36.6 Å². The Labute approximate surface area is 174 Å². The zero-order chi connectivity index (χ0) is 19.7. The van der Waals surface area contributed by atoms with Crippen LogP contribution < -0.4 is 9.62 Å². The number of benzene rings is 2. The van der Waals surface area contributed by atoms with Crippen molar-refractivity contribution in [1.29, 1.82) is 0 Å². The predicted octanol–water partition coefficient (Wildman–Crippen LogP) is 3.95. The van der Waals surface area contributed by atoms with Gasteiger partial charge in [0.2, 0.25) is 5.91 Å². The lowest BCUT2D eigenvalue weighted by molar-refractivity contribution is -0.120. The summed E-state index contributed by atoms with van der Waals surface area (Å²) in [5, 5.41) is 3.09. The molecule has 2 aromatic carbocycles. The van der Waals surface area contributed by atoms with Gasteiger partial charge in [-0.05, 0) is 67.5 Å². The fourth-order valence-electron chi connectivity index (χ4n) is 4.45. The van der Waals surface area contributed by atoms with Crippen LogP contribution in [-0.4, -0.2) is 26.9 Å². The Morgan fingerprint density at radius 1 is 1.04 bits per heavy atom. The van der Waals surface area contributed by atoms with Gasteiger partial charge in [0.15, 0.2) is 0 Å². The van der Waals surface area contributed by atoms with Crippen molar-refractivity contribution in [2.75, 3.05) is 10.8 Å². The number of rotatable bonds is 6. The first-order chi connectivity index (χ1) is 13.4. The van der Waals surface area contributed by atoms with Crippen molar-refractivity contribution in [3.8, 4) is 0 Å². The fourth-order valence-corrected chi connectivity index (χ4v) is 6.15. The maximum Gasteiger partial charge on any atom is 0.264 e. The van der Waals surface area contributed by atoms with Gasteiger partial charge in [0.25, 0.3) is 10.0 Å². The predicted molar refractivity (Wildman–Crippen MR) is 112 cm³/mol. The molecule has 0 radical (unpaired) electrons. The molecular weight excluding hydrogens is 440 g/mol. The minimum atomic E-state index is -3.85. The fraction of sp³-hybridized carbons (Fsp3) is 0.381. The van der Waals surface area contributed by atoms with Crippen LogP contribution in [0.2, 0.25) is 0 Å². The van der Waals surface area contributed by atoms with E-state index >= 15 is 0 Å². The van der Waals surface area contributed by atoms with Gasteiger partial charge in [-0.2, -0.15) is 0 Å². The van der Waals surface area contributed by atoms with Crippen LogP contribution in [0.15, 0.2) is 64.0 Å². The number of carbonyl (C=O) groups is 1. The van der Waals surface area contributed by atoms with Gasteiger partial charge in [0.05, 0.1) is 10.6 Å². The SMILES string of the molecule is O=C(CN(c1ccc(Br)cc1)S(=O)(=O)c1ccccc1)N[C@@H]1C[C@@H]2CC[C@@H]1C2.